The number of aliphatic imine (C=N–C) groups is 1. The zero-order chi connectivity index (χ0) is 26.4. The maximum absolute atomic E-state index is 10.0. The number of nitrogens with one attached hydrogen (secondary N) is 1. The van der Waals surface area contributed by atoms with Crippen molar-refractivity contribution in [2.45, 2.75) is 34.6 Å². The van der Waals surface area contributed by atoms with Crippen LogP contribution in [0, 0.1) is 6.92 Å². The lowest BCUT2D eigenvalue weighted by molar-refractivity contribution is -0.915. The van der Waals surface area contributed by atoms with Gasteiger partial charge in [0.1, 0.15) is 24.6 Å². The number of hydrogen-bond donors (Lipinski definition) is 1. The minimum Gasteiger partial charge on any atom is -0.457 e. The van der Waals surface area contributed by atoms with Gasteiger partial charge in [-0.05, 0) is 77.1 Å². The van der Waals surface area contributed by atoms with E-state index in [1.807, 2.05) is 69.3 Å². The van der Waals surface area contributed by atoms with Crippen molar-refractivity contribution in [2.75, 3.05) is 46.4 Å². The molecule has 2 aromatic rings. The molecule has 0 bridgehead atoms. The molecular weight excluding hydrogens is 450 g/mol. The minimum atomic E-state index is 0.757. The van der Waals surface area contributed by atoms with Crippen molar-refractivity contribution in [1.82, 2.24) is 5.32 Å². The number of quaternary nitrogens is 1. The average Bonchev–Trinajstić information content (AvgIpc) is 2.86. The van der Waals surface area contributed by atoms with E-state index in [1.54, 1.807) is 0 Å². The van der Waals surface area contributed by atoms with Crippen LogP contribution in [0.2, 0.25) is 0 Å². The van der Waals surface area contributed by atoms with E-state index in [4.69, 9.17) is 9.47 Å². The van der Waals surface area contributed by atoms with Gasteiger partial charge in [0.25, 0.3) is 0 Å². The van der Waals surface area contributed by atoms with Gasteiger partial charge in [-0.2, -0.15) is 0 Å². The second-order valence-electron chi connectivity index (χ2n) is 9.54. The van der Waals surface area contributed by atoms with Crippen LogP contribution in [0.3, 0.4) is 0 Å². The molecule has 0 aliphatic carbocycles. The van der Waals surface area contributed by atoms with E-state index in [1.165, 1.54) is 11.1 Å². The van der Waals surface area contributed by atoms with Gasteiger partial charge in [0.05, 0.1) is 39.0 Å². The highest BCUT2D eigenvalue weighted by Gasteiger charge is 2.24. The number of morpholine rings is 1. The smallest absolute Gasteiger partial charge is 0.207 e. The topological polar surface area (TPSA) is 59.9 Å². The molecule has 1 N–H and O–H groups in total. The maximum atomic E-state index is 10.0. The zero-order valence-corrected chi connectivity index (χ0v) is 22.7. The summed E-state index contributed by atoms with van der Waals surface area (Å²) in [4.78, 5) is 14.7. The van der Waals surface area contributed by atoms with E-state index >= 15 is 0 Å². The van der Waals surface area contributed by atoms with Gasteiger partial charge in [-0.25, -0.2) is 0 Å². The second kappa shape index (κ2) is 15.0. The Bertz CT molecular complexity index is 1030. The standard InChI is InChI=1S/C22H25NO.C8H16N2O2/c1-6-17(4)15-22(23-16(2)3)19-9-13-21(14-10-19)24-20-11-7-18(5)8-12-20;1-10(3-2-9-8-11)4-6-12-7-5-10/h6-15H,1-5H3;8H,2-7H2,1H3/p+1/b17-6-,22-15-;. The lowest BCUT2D eigenvalue weighted by Crippen LogP contribution is -2.54. The van der Waals surface area contributed by atoms with Gasteiger partial charge in [-0.3, -0.25) is 9.79 Å². The molecule has 0 aromatic heterocycles. The summed E-state index contributed by atoms with van der Waals surface area (Å²) in [5, 5.41) is 2.68. The number of hydrogen-bond acceptors (Lipinski definition) is 4. The zero-order valence-electron chi connectivity index (χ0n) is 22.7. The van der Waals surface area contributed by atoms with Gasteiger partial charge < -0.3 is 19.3 Å². The van der Waals surface area contributed by atoms with Crippen molar-refractivity contribution in [3.05, 3.63) is 77.4 Å². The third-order valence-electron chi connectivity index (χ3n) is 6.00. The largest absolute Gasteiger partial charge is 0.457 e. The average molecular weight is 493 g/mol. The van der Waals surface area contributed by atoms with E-state index in [-0.39, 0.29) is 0 Å². The number of benzene rings is 2. The summed E-state index contributed by atoms with van der Waals surface area (Å²) in [6.07, 6.45) is 4.94. The van der Waals surface area contributed by atoms with E-state index in [0.717, 1.165) is 78.8 Å². The summed E-state index contributed by atoms with van der Waals surface area (Å²) in [5.41, 5.74) is 5.49. The third-order valence-corrected chi connectivity index (χ3v) is 6.00. The first-order valence-electron chi connectivity index (χ1n) is 12.5. The Hall–Kier alpha value is -3.22. The van der Waals surface area contributed by atoms with Gasteiger partial charge in [0, 0.05) is 11.3 Å². The van der Waals surface area contributed by atoms with E-state index in [0.29, 0.717) is 0 Å². The van der Waals surface area contributed by atoms with Crippen molar-refractivity contribution >= 4 is 17.8 Å². The Morgan fingerprint density at radius 3 is 2.14 bits per heavy atom. The Kier molecular flexibility index (Phi) is 12.1. The lowest BCUT2D eigenvalue weighted by Gasteiger charge is -2.37. The monoisotopic (exact) mass is 492 g/mol. The number of ether oxygens (including phenoxy) is 2. The van der Waals surface area contributed by atoms with Crippen LogP contribution in [-0.4, -0.2) is 63.0 Å². The predicted octanol–water partition coefficient (Wildman–Crippen LogP) is 5.78. The summed E-state index contributed by atoms with van der Waals surface area (Å²) < 4.78 is 12.2. The molecule has 0 saturated carbocycles. The molecule has 2 aromatic carbocycles. The quantitative estimate of drug-likeness (QED) is 0.159. The molecule has 36 heavy (non-hydrogen) atoms. The van der Waals surface area contributed by atoms with Crippen LogP contribution < -0.4 is 10.1 Å². The van der Waals surface area contributed by atoms with Gasteiger partial charge in [0.15, 0.2) is 0 Å². The number of carbonyl (C=O) groups excluding carboxylic acids is 1. The van der Waals surface area contributed by atoms with Gasteiger partial charge >= 0.3 is 0 Å². The number of carbonyl (C=O) groups is 1. The molecule has 1 fully saturated rings. The molecular formula is C30H42N3O3+. The minimum absolute atomic E-state index is 0.757. The summed E-state index contributed by atoms with van der Waals surface area (Å²) in [6, 6.07) is 16.1. The number of allylic oxidation sites excluding steroid dienone is 3. The Labute approximate surface area is 216 Å². The van der Waals surface area contributed by atoms with Crippen LogP contribution in [0.4, 0.5) is 0 Å². The summed E-state index contributed by atoms with van der Waals surface area (Å²) >= 11 is 0. The van der Waals surface area contributed by atoms with Crippen LogP contribution in [0.25, 0.3) is 5.70 Å². The van der Waals surface area contributed by atoms with E-state index in [2.05, 4.69) is 43.4 Å². The maximum Gasteiger partial charge on any atom is 0.207 e. The van der Waals surface area contributed by atoms with Crippen molar-refractivity contribution in [1.29, 1.82) is 0 Å². The Morgan fingerprint density at radius 2 is 1.61 bits per heavy atom. The van der Waals surface area contributed by atoms with Crippen molar-refractivity contribution in [2.24, 2.45) is 4.99 Å². The first kappa shape index (κ1) is 29.0. The molecule has 0 unspecified atom stereocenters. The molecule has 6 heteroatoms. The van der Waals surface area contributed by atoms with Gasteiger partial charge in [0.2, 0.25) is 6.41 Å². The first-order valence-corrected chi connectivity index (χ1v) is 12.5. The number of nitrogens with zero attached hydrogens (tertiary/aromatic N) is 2. The van der Waals surface area contributed by atoms with E-state index in [9.17, 15) is 4.79 Å². The fraction of sp³-hybridized carbons (Fsp3) is 0.400. The van der Waals surface area contributed by atoms with Crippen molar-refractivity contribution in [3.63, 3.8) is 0 Å². The molecule has 1 aliphatic rings. The van der Waals surface area contributed by atoms with Gasteiger partial charge in [-0.1, -0.05) is 29.3 Å². The van der Waals surface area contributed by atoms with Crippen LogP contribution in [0.5, 0.6) is 11.5 Å². The molecule has 1 aliphatic heterocycles. The molecule has 1 heterocycles. The lowest BCUT2D eigenvalue weighted by atomic mass is 10.1. The van der Waals surface area contributed by atoms with Crippen molar-refractivity contribution < 1.29 is 18.8 Å². The SMILES string of the molecule is C/C=C(C)\C=C(/N=C(C)C)c1ccc(Oc2ccc(C)cc2)cc1.C[N+]1(CCNC=O)CCOCC1. The molecule has 0 radical (unpaired) electrons. The number of aryl methyl sites for hydroxylation is 1. The Balaban J connectivity index is 0.000000319. The predicted molar refractivity (Wildman–Crippen MR) is 150 cm³/mol. The molecule has 6 nitrogen and oxygen atoms in total. The molecule has 0 atom stereocenters. The number of likely N-dealkylation sites (N-methyl/N-ethyl adjacent to an activating group) is 1. The molecule has 1 amide bonds. The van der Waals surface area contributed by atoms with Crippen LogP contribution in [0.15, 0.2) is 71.2 Å². The molecule has 1 saturated heterocycles. The fourth-order valence-corrected chi connectivity index (χ4v) is 3.56. The summed E-state index contributed by atoms with van der Waals surface area (Å²) in [5.74, 6) is 1.67. The highest BCUT2D eigenvalue weighted by atomic mass is 16.5. The van der Waals surface area contributed by atoms with Crippen LogP contribution in [0.1, 0.15) is 38.8 Å². The number of amides is 1. The van der Waals surface area contributed by atoms with Crippen LogP contribution >= 0.6 is 0 Å². The van der Waals surface area contributed by atoms with E-state index < -0.39 is 0 Å². The summed E-state index contributed by atoms with van der Waals surface area (Å²) in [7, 11) is 2.20. The Morgan fingerprint density at radius 1 is 1.03 bits per heavy atom. The number of rotatable bonds is 9. The van der Waals surface area contributed by atoms with Crippen molar-refractivity contribution in [3.8, 4) is 11.5 Å². The van der Waals surface area contributed by atoms with Crippen LogP contribution in [-0.2, 0) is 9.53 Å². The first-order chi connectivity index (χ1) is 17.2. The third kappa shape index (κ3) is 10.6. The summed E-state index contributed by atoms with van der Waals surface area (Å²) in [6.45, 7) is 15.8. The highest BCUT2D eigenvalue weighted by Crippen LogP contribution is 2.25. The fourth-order valence-electron chi connectivity index (χ4n) is 3.56. The molecule has 194 valence electrons. The normalized spacial score (nSPS) is 15.3. The molecule has 3 rings (SSSR count). The van der Waals surface area contributed by atoms with Gasteiger partial charge in [-0.15, -0.1) is 0 Å². The second-order valence-corrected chi connectivity index (χ2v) is 9.54. The highest BCUT2D eigenvalue weighted by molar-refractivity contribution is 5.86. The molecule has 0 spiro atoms.